The van der Waals surface area contributed by atoms with Crippen LogP contribution in [0.25, 0.3) is 0 Å². The van der Waals surface area contributed by atoms with Gasteiger partial charge in [-0.3, -0.25) is 10.1 Å². The number of benzene rings is 1. The Labute approximate surface area is 114 Å². The summed E-state index contributed by atoms with van der Waals surface area (Å²) in [6.45, 7) is 1.75. The number of carbonyl (C=O) groups excluding carboxylic acids is 1. The number of aliphatic hydroxyl groups is 1. The fraction of sp³-hybridized carbons (Fsp3) is 0.385. The van der Waals surface area contributed by atoms with Crippen LogP contribution in [0.1, 0.15) is 23.6 Å². The van der Waals surface area contributed by atoms with E-state index in [1.807, 2.05) is 6.07 Å². The van der Waals surface area contributed by atoms with Crippen molar-refractivity contribution in [3.63, 3.8) is 0 Å². The molecular formula is C13H12N2O5. The van der Waals surface area contributed by atoms with E-state index in [1.165, 1.54) is 6.07 Å². The van der Waals surface area contributed by atoms with Crippen LogP contribution in [0.2, 0.25) is 0 Å². The first kappa shape index (κ1) is 14.0. The summed E-state index contributed by atoms with van der Waals surface area (Å²) in [6, 6.07) is 4.30. The molecule has 1 aliphatic carbocycles. The monoisotopic (exact) mass is 276 g/mol. The molecule has 0 radical (unpaired) electrons. The van der Waals surface area contributed by atoms with E-state index in [-0.39, 0.29) is 30.7 Å². The molecule has 0 saturated heterocycles. The molecule has 2 rings (SSSR count). The molecule has 1 aliphatic rings. The predicted molar refractivity (Wildman–Crippen MR) is 66.8 cm³/mol. The lowest BCUT2D eigenvalue weighted by atomic mass is 10.00. The Morgan fingerprint density at radius 1 is 1.60 bits per heavy atom. The van der Waals surface area contributed by atoms with E-state index >= 15 is 0 Å². The number of nitrogens with zero attached hydrogens (tertiary/aromatic N) is 2. The van der Waals surface area contributed by atoms with Crippen molar-refractivity contribution in [1.29, 1.82) is 5.26 Å². The first-order valence-corrected chi connectivity index (χ1v) is 6.01. The maximum Gasteiger partial charge on any atom is 0.338 e. The summed E-state index contributed by atoms with van der Waals surface area (Å²) in [6.07, 6.45) is -0.153. The number of rotatable bonds is 3. The molecule has 0 bridgehead atoms. The van der Waals surface area contributed by atoms with E-state index in [4.69, 9.17) is 10.00 Å². The summed E-state index contributed by atoms with van der Waals surface area (Å²) in [4.78, 5) is 22.0. The van der Waals surface area contributed by atoms with Crippen molar-refractivity contribution < 1.29 is 19.6 Å². The van der Waals surface area contributed by atoms with Gasteiger partial charge >= 0.3 is 5.97 Å². The molecule has 0 spiro atoms. The van der Waals surface area contributed by atoms with Gasteiger partial charge in [-0.05, 0) is 18.1 Å². The van der Waals surface area contributed by atoms with Gasteiger partial charge in [0.05, 0.1) is 23.2 Å². The SMILES string of the molecule is CCOC(=O)C1(O)Cc2cc([N+](=O)[O-])cc(C#N)c2C1. The van der Waals surface area contributed by atoms with E-state index in [0.717, 1.165) is 6.07 Å². The number of carbonyl (C=O) groups is 1. The molecule has 0 aliphatic heterocycles. The van der Waals surface area contributed by atoms with Crippen LogP contribution in [0.5, 0.6) is 0 Å². The number of hydrogen-bond donors (Lipinski definition) is 1. The lowest BCUT2D eigenvalue weighted by molar-refractivity contribution is -0.384. The molecule has 1 aromatic rings. The first-order valence-electron chi connectivity index (χ1n) is 6.01. The third-order valence-corrected chi connectivity index (χ3v) is 3.27. The quantitative estimate of drug-likeness (QED) is 0.497. The lowest BCUT2D eigenvalue weighted by Gasteiger charge is -2.19. The Morgan fingerprint density at radius 3 is 2.85 bits per heavy atom. The molecule has 20 heavy (non-hydrogen) atoms. The third kappa shape index (κ3) is 2.21. The maximum absolute atomic E-state index is 11.8. The average molecular weight is 276 g/mol. The number of nitro groups is 1. The van der Waals surface area contributed by atoms with Gasteiger partial charge in [0, 0.05) is 25.0 Å². The van der Waals surface area contributed by atoms with Gasteiger partial charge in [-0.15, -0.1) is 0 Å². The molecule has 1 atom stereocenters. The molecular weight excluding hydrogens is 264 g/mol. The lowest BCUT2D eigenvalue weighted by Crippen LogP contribution is -2.41. The fourth-order valence-electron chi connectivity index (χ4n) is 2.37. The number of ether oxygens (including phenoxy) is 1. The molecule has 0 aromatic heterocycles. The van der Waals surface area contributed by atoms with Gasteiger partial charge in [0.1, 0.15) is 0 Å². The van der Waals surface area contributed by atoms with Crippen LogP contribution in [0, 0.1) is 21.4 Å². The van der Waals surface area contributed by atoms with Gasteiger partial charge in [0.25, 0.3) is 5.69 Å². The topological polar surface area (TPSA) is 113 Å². The Hall–Kier alpha value is -2.46. The largest absolute Gasteiger partial charge is 0.464 e. The smallest absolute Gasteiger partial charge is 0.338 e. The zero-order valence-corrected chi connectivity index (χ0v) is 10.8. The highest BCUT2D eigenvalue weighted by molar-refractivity contribution is 5.82. The summed E-state index contributed by atoms with van der Waals surface area (Å²) in [5.41, 5.74) is -0.970. The molecule has 0 fully saturated rings. The molecule has 1 N–H and O–H groups in total. The van der Waals surface area contributed by atoms with Gasteiger partial charge < -0.3 is 9.84 Å². The summed E-state index contributed by atoms with van der Waals surface area (Å²) >= 11 is 0. The Bertz CT molecular complexity index is 634. The zero-order valence-electron chi connectivity index (χ0n) is 10.8. The second kappa shape index (κ2) is 4.90. The van der Waals surface area contributed by atoms with Crippen LogP contribution >= 0.6 is 0 Å². The average Bonchev–Trinajstić information content (AvgIpc) is 2.75. The van der Waals surface area contributed by atoms with Gasteiger partial charge in [0.15, 0.2) is 5.60 Å². The van der Waals surface area contributed by atoms with Crippen LogP contribution < -0.4 is 0 Å². The van der Waals surface area contributed by atoms with E-state index < -0.39 is 16.5 Å². The van der Waals surface area contributed by atoms with Crippen molar-refractivity contribution >= 4 is 11.7 Å². The van der Waals surface area contributed by atoms with Crippen LogP contribution in [-0.2, 0) is 22.4 Å². The van der Waals surface area contributed by atoms with Crippen LogP contribution in [0.15, 0.2) is 12.1 Å². The van der Waals surface area contributed by atoms with Crippen molar-refractivity contribution in [2.24, 2.45) is 0 Å². The first-order chi connectivity index (χ1) is 9.41. The van der Waals surface area contributed by atoms with E-state index in [0.29, 0.717) is 11.1 Å². The minimum absolute atomic E-state index is 0.0674. The van der Waals surface area contributed by atoms with Crippen molar-refractivity contribution in [1.82, 2.24) is 0 Å². The second-order valence-electron chi connectivity index (χ2n) is 4.61. The van der Waals surface area contributed by atoms with Gasteiger partial charge in [-0.25, -0.2) is 4.79 Å². The molecule has 0 heterocycles. The molecule has 1 unspecified atom stereocenters. The standard InChI is InChI=1S/C13H12N2O5/c1-2-20-12(16)13(17)5-8-3-10(15(18)19)4-9(7-14)11(8)6-13/h3-4,17H,2,5-6H2,1H3. The number of nitro benzene ring substituents is 1. The minimum atomic E-state index is -1.75. The molecule has 0 amide bonds. The van der Waals surface area contributed by atoms with Gasteiger partial charge in [-0.2, -0.15) is 5.26 Å². The van der Waals surface area contributed by atoms with Crippen LogP contribution in [0.4, 0.5) is 5.69 Å². The Balaban J connectivity index is 2.44. The number of hydrogen-bond acceptors (Lipinski definition) is 6. The van der Waals surface area contributed by atoms with Crippen molar-refractivity contribution in [2.75, 3.05) is 6.61 Å². The van der Waals surface area contributed by atoms with E-state index in [1.54, 1.807) is 6.92 Å². The summed E-state index contributed by atoms with van der Waals surface area (Å²) in [5, 5.41) is 30.2. The third-order valence-electron chi connectivity index (χ3n) is 3.27. The van der Waals surface area contributed by atoms with Gasteiger partial charge in [-0.1, -0.05) is 0 Å². The van der Waals surface area contributed by atoms with E-state index in [2.05, 4.69) is 0 Å². The molecule has 7 heteroatoms. The number of non-ortho nitro benzene ring substituents is 1. The van der Waals surface area contributed by atoms with Crippen molar-refractivity contribution in [2.45, 2.75) is 25.4 Å². The Morgan fingerprint density at radius 2 is 2.30 bits per heavy atom. The molecule has 1 aromatic carbocycles. The maximum atomic E-state index is 11.8. The van der Waals surface area contributed by atoms with Crippen LogP contribution in [-0.4, -0.2) is 28.2 Å². The van der Waals surface area contributed by atoms with Gasteiger partial charge in [0.2, 0.25) is 0 Å². The highest BCUT2D eigenvalue weighted by Gasteiger charge is 2.45. The summed E-state index contributed by atoms with van der Waals surface area (Å²) < 4.78 is 4.81. The number of esters is 1. The highest BCUT2D eigenvalue weighted by Crippen LogP contribution is 2.35. The molecule has 0 saturated carbocycles. The van der Waals surface area contributed by atoms with Crippen LogP contribution in [0.3, 0.4) is 0 Å². The number of fused-ring (bicyclic) bond motifs is 1. The zero-order chi connectivity index (χ0) is 14.9. The van der Waals surface area contributed by atoms with Crippen molar-refractivity contribution in [3.05, 3.63) is 38.9 Å². The second-order valence-corrected chi connectivity index (χ2v) is 4.61. The minimum Gasteiger partial charge on any atom is -0.464 e. The normalized spacial score (nSPS) is 20.1. The highest BCUT2D eigenvalue weighted by atomic mass is 16.6. The van der Waals surface area contributed by atoms with Crippen molar-refractivity contribution in [3.8, 4) is 6.07 Å². The predicted octanol–water partition coefficient (Wildman–Crippen LogP) is 0.859. The summed E-state index contributed by atoms with van der Waals surface area (Å²) in [5.74, 6) is -0.775. The molecule has 7 nitrogen and oxygen atoms in total. The Kier molecular flexibility index (Phi) is 3.42. The molecule has 104 valence electrons. The number of nitriles is 1. The fourth-order valence-corrected chi connectivity index (χ4v) is 2.37. The summed E-state index contributed by atoms with van der Waals surface area (Å²) in [7, 11) is 0. The van der Waals surface area contributed by atoms with E-state index in [9.17, 15) is 20.0 Å².